The molecule has 1 heterocycles. The number of nitrogens with one attached hydrogen (secondary N) is 1. The minimum absolute atomic E-state index is 0.106. The Labute approximate surface area is 126 Å². The highest BCUT2D eigenvalue weighted by atomic mass is 35.5. The summed E-state index contributed by atoms with van der Waals surface area (Å²) < 4.78 is 11.4. The van der Waals surface area contributed by atoms with E-state index in [1.165, 1.54) is 12.8 Å². The maximum Gasteiger partial charge on any atom is 0.166 e. The van der Waals surface area contributed by atoms with Gasteiger partial charge in [0.05, 0.1) is 13.2 Å². The Kier molecular flexibility index (Phi) is 5.55. The lowest BCUT2D eigenvalue weighted by Gasteiger charge is -2.25. The summed E-state index contributed by atoms with van der Waals surface area (Å²) in [6.07, 6.45) is 3.44. The van der Waals surface area contributed by atoms with Gasteiger partial charge >= 0.3 is 0 Å². The van der Waals surface area contributed by atoms with Crippen molar-refractivity contribution in [2.45, 2.75) is 39.2 Å². The van der Waals surface area contributed by atoms with Crippen LogP contribution in [0.4, 0.5) is 0 Å². The van der Waals surface area contributed by atoms with Crippen LogP contribution >= 0.6 is 11.6 Å². The van der Waals surface area contributed by atoms with E-state index < -0.39 is 0 Å². The molecule has 112 valence electrons. The van der Waals surface area contributed by atoms with Crippen molar-refractivity contribution in [2.24, 2.45) is 5.92 Å². The van der Waals surface area contributed by atoms with Crippen LogP contribution in [0.5, 0.6) is 11.5 Å². The highest BCUT2D eigenvalue weighted by molar-refractivity contribution is 6.31. The van der Waals surface area contributed by atoms with Crippen LogP contribution in [0.3, 0.4) is 0 Å². The fourth-order valence-corrected chi connectivity index (χ4v) is 2.90. The molecule has 1 aromatic carbocycles. The molecule has 0 bridgehead atoms. The number of rotatable bonds is 5. The maximum absolute atomic E-state index is 6.41. The third-order valence-corrected chi connectivity index (χ3v) is 4.05. The zero-order chi connectivity index (χ0) is 14.5. The van der Waals surface area contributed by atoms with E-state index in [0.29, 0.717) is 5.92 Å². The Hall–Kier alpha value is -0.930. The first-order chi connectivity index (χ1) is 9.61. The van der Waals surface area contributed by atoms with Gasteiger partial charge in [-0.15, -0.1) is 0 Å². The van der Waals surface area contributed by atoms with E-state index in [-0.39, 0.29) is 6.10 Å². The largest absolute Gasteiger partial charge is 0.493 e. The van der Waals surface area contributed by atoms with Crippen molar-refractivity contribution >= 4 is 11.6 Å². The standard InChI is InChI=1S/C16H24ClNO2/c1-11(2)20-16-13(10-12-6-8-18-9-7-12)14(17)4-5-15(16)19-3/h4-5,11-12,18H,6-10H2,1-3H3. The van der Waals surface area contributed by atoms with Gasteiger partial charge in [0.15, 0.2) is 11.5 Å². The molecule has 2 rings (SSSR count). The highest BCUT2D eigenvalue weighted by Crippen LogP contribution is 2.39. The van der Waals surface area contributed by atoms with E-state index in [1.54, 1.807) is 7.11 Å². The average molecular weight is 298 g/mol. The lowest BCUT2D eigenvalue weighted by Crippen LogP contribution is -2.28. The van der Waals surface area contributed by atoms with Gasteiger partial charge < -0.3 is 14.8 Å². The van der Waals surface area contributed by atoms with Crippen LogP contribution in [-0.2, 0) is 6.42 Å². The summed E-state index contributed by atoms with van der Waals surface area (Å²) in [5.74, 6) is 2.25. The second-order valence-electron chi connectivity index (χ2n) is 5.62. The van der Waals surface area contributed by atoms with E-state index in [2.05, 4.69) is 5.32 Å². The number of hydrogen-bond donors (Lipinski definition) is 1. The summed E-state index contributed by atoms with van der Waals surface area (Å²) in [5.41, 5.74) is 1.09. The molecule has 20 heavy (non-hydrogen) atoms. The smallest absolute Gasteiger partial charge is 0.166 e. The van der Waals surface area contributed by atoms with Gasteiger partial charge in [0.1, 0.15) is 0 Å². The summed E-state index contributed by atoms with van der Waals surface area (Å²) in [6.45, 7) is 6.22. The lowest BCUT2D eigenvalue weighted by molar-refractivity contribution is 0.226. The molecule has 1 saturated heterocycles. The van der Waals surface area contributed by atoms with Crippen molar-refractivity contribution in [3.8, 4) is 11.5 Å². The minimum atomic E-state index is 0.106. The Morgan fingerprint density at radius 1 is 1.30 bits per heavy atom. The molecule has 1 aromatic rings. The molecule has 0 spiro atoms. The zero-order valence-electron chi connectivity index (χ0n) is 12.5. The second-order valence-corrected chi connectivity index (χ2v) is 6.03. The minimum Gasteiger partial charge on any atom is -0.493 e. The summed E-state index contributed by atoms with van der Waals surface area (Å²) in [7, 11) is 1.67. The summed E-state index contributed by atoms with van der Waals surface area (Å²) in [6, 6.07) is 3.79. The number of benzene rings is 1. The maximum atomic E-state index is 6.41. The molecule has 3 nitrogen and oxygen atoms in total. The van der Waals surface area contributed by atoms with Gasteiger partial charge in [-0.1, -0.05) is 11.6 Å². The van der Waals surface area contributed by atoms with E-state index in [1.807, 2.05) is 26.0 Å². The molecule has 1 aliphatic rings. The lowest BCUT2D eigenvalue weighted by atomic mass is 9.90. The normalized spacial score (nSPS) is 16.4. The van der Waals surface area contributed by atoms with Crippen LogP contribution < -0.4 is 14.8 Å². The van der Waals surface area contributed by atoms with Crippen molar-refractivity contribution in [2.75, 3.05) is 20.2 Å². The van der Waals surface area contributed by atoms with Crippen molar-refractivity contribution in [3.63, 3.8) is 0 Å². The second kappa shape index (κ2) is 7.19. The molecule has 0 unspecified atom stereocenters. The number of ether oxygens (including phenoxy) is 2. The molecule has 1 aliphatic heterocycles. The first-order valence-corrected chi connectivity index (χ1v) is 7.72. The molecule has 0 amide bonds. The molecular weight excluding hydrogens is 274 g/mol. The molecule has 1 N–H and O–H groups in total. The number of piperidine rings is 1. The molecule has 0 aromatic heterocycles. The predicted octanol–water partition coefficient (Wildman–Crippen LogP) is 3.68. The van der Waals surface area contributed by atoms with Crippen LogP contribution in [0.2, 0.25) is 5.02 Å². The molecular formula is C16H24ClNO2. The number of hydrogen-bond acceptors (Lipinski definition) is 3. The van der Waals surface area contributed by atoms with Gasteiger partial charge in [-0.05, 0) is 64.3 Å². The summed E-state index contributed by atoms with van der Waals surface area (Å²) in [5, 5.41) is 4.17. The third kappa shape index (κ3) is 3.80. The van der Waals surface area contributed by atoms with Gasteiger partial charge in [0.2, 0.25) is 0 Å². The number of halogens is 1. The highest BCUT2D eigenvalue weighted by Gasteiger charge is 2.21. The van der Waals surface area contributed by atoms with Crippen LogP contribution in [0, 0.1) is 5.92 Å². The van der Waals surface area contributed by atoms with E-state index in [9.17, 15) is 0 Å². The van der Waals surface area contributed by atoms with Gasteiger partial charge in [-0.25, -0.2) is 0 Å². The molecule has 0 radical (unpaired) electrons. The molecule has 0 atom stereocenters. The van der Waals surface area contributed by atoms with Crippen molar-refractivity contribution in [3.05, 3.63) is 22.7 Å². The van der Waals surface area contributed by atoms with Crippen LogP contribution in [0.15, 0.2) is 12.1 Å². The van der Waals surface area contributed by atoms with Crippen molar-refractivity contribution in [1.29, 1.82) is 0 Å². The van der Waals surface area contributed by atoms with Crippen molar-refractivity contribution in [1.82, 2.24) is 5.32 Å². The molecule has 1 fully saturated rings. The van der Waals surface area contributed by atoms with E-state index in [4.69, 9.17) is 21.1 Å². The SMILES string of the molecule is COc1ccc(Cl)c(CC2CCNCC2)c1OC(C)C. The fraction of sp³-hybridized carbons (Fsp3) is 0.625. The quantitative estimate of drug-likeness (QED) is 0.899. The molecule has 0 aliphatic carbocycles. The molecule has 0 saturated carbocycles. The first kappa shape index (κ1) is 15.5. The Balaban J connectivity index is 2.27. The Morgan fingerprint density at radius 3 is 2.60 bits per heavy atom. The van der Waals surface area contributed by atoms with Gasteiger partial charge in [0, 0.05) is 10.6 Å². The van der Waals surface area contributed by atoms with Crippen molar-refractivity contribution < 1.29 is 9.47 Å². The van der Waals surface area contributed by atoms with E-state index >= 15 is 0 Å². The Morgan fingerprint density at radius 2 is 2.00 bits per heavy atom. The Bertz CT molecular complexity index is 442. The van der Waals surface area contributed by atoms with E-state index in [0.717, 1.165) is 41.6 Å². The predicted molar refractivity (Wildman–Crippen MR) is 83.1 cm³/mol. The van der Waals surface area contributed by atoms with Crippen LogP contribution in [-0.4, -0.2) is 26.3 Å². The number of methoxy groups -OCH3 is 1. The third-order valence-electron chi connectivity index (χ3n) is 3.69. The first-order valence-electron chi connectivity index (χ1n) is 7.34. The summed E-state index contributed by atoms with van der Waals surface area (Å²) in [4.78, 5) is 0. The average Bonchev–Trinajstić information content (AvgIpc) is 2.44. The zero-order valence-corrected chi connectivity index (χ0v) is 13.3. The fourth-order valence-electron chi connectivity index (χ4n) is 2.67. The van der Waals surface area contributed by atoms with Crippen LogP contribution in [0.1, 0.15) is 32.3 Å². The monoisotopic (exact) mass is 297 g/mol. The van der Waals surface area contributed by atoms with Gasteiger partial charge in [0.25, 0.3) is 0 Å². The van der Waals surface area contributed by atoms with Gasteiger partial charge in [-0.2, -0.15) is 0 Å². The van der Waals surface area contributed by atoms with Gasteiger partial charge in [-0.3, -0.25) is 0 Å². The topological polar surface area (TPSA) is 30.5 Å². The summed E-state index contributed by atoms with van der Waals surface area (Å²) >= 11 is 6.41. The van der Waals surface area contributed by atoms with Crippen LogP contribution in [0.25, 0.3) is 0 Å². The molecule has 4 heteroatoms.